The van der Waals surface area contributed by atoms with Crippen molar-refractivity contribution in [3.63, 3.8) is 0 Å². The summed E-state index contributed by atoms with van der Waals surface area (Å²) < 4.78 is 41.5. The van der Waals surface area contributed by atoms with Gasteiger partial charge in [0.2, 0.25) is 0 Å². The maximum atomic E-state index is 7.28. The van der Waals surface area contributed by atoms with Gasteiger partial charge in [0, 0.05) is 21.3 Å². The molecule has 0 aliphatic rings. The molecule has 0 spiro atoms. The number of ether oxygens (including phenoxy) is 1. The number of nitrogens with zero attached hydrogens (tertiary/aromatic N) is 2. The first-order valence-corrected chi connectivity index (χ1v) is 3.37. The van der Waals surface area contributed by atoms with Crippen molar-refractivity contribution in [2.24, 2.45) is 7.00 Å². The summed E-state index contributed by atoms with van der Waals surface area (Å²) in [5, 5.41) is 0.635. The Kier molecular flexibility index (Phi) is 0.728. The Morgan fingerprint density at radius 3 is 3.50 bits per heavy atom. The summed E-state index contributed by atoms with van der Waals surface area (Å²) in [6.45, 7) is -1.19. The molecule has 0 saturated carbocycles. The molecule has 3 heteroatoms. The molecule has 0 fully saturated rings. The van der Waals surface area contributed by atoms with Crippen LogP contribution in [0.3, 0.4) is 0 Å². The van der Waals surface area contributed by atoms with Crippen LogP contribution in [0.1, 0.15) is 6.85 Å². The SMILES string of the molecule is [2H]C([2H])n1ccc2cc(OC([2H])([2H])[2H])cnc21. The monoisotopic (exact) mass is 167 g/mol. The van der Waals surface area contributed by atoms with E-state index in [1.54, 1.807) is 12.3 Å². The van der Waals surface area contributed by atoms with Crippen LogP contribution in [-0.2, 0) is 7.00 Å². The van der Waals surface area contributed by atoms with Crippen molar-refractivity contribution in [2.75, 3.05) is 7.04 Å². The lowest BCUT2D eigenvalue weighted by atomic mass is 10.3. The van der Waals surface area contributed by atoms with E-state index in [2.05, 4.69) is 4.98 Å². The van der Waals surface area contributed by atoms with Gasteiger partial charge in [-0.15, -0.1) is 0 Å². The van der Waals surface area contributed by atoms with Crippen LogP contribution >= 0.6 is 0 Å². The highest BCUT2D eigenvalue weighted by Gasteiger charge is 1.99. The maximum Gasteiger partial charge on any atom is 0.139 e. The van der Waals surface area contributed by atoms with Crippen LogP contribution in [0.15, 0.2) is 24.5 Å². The Labute approximate surface area is 77.6 Å². The van der Waals surface area contributed by atoms with Gasteiger partial charge in [0.15, 0.2) is 0 Å². The Bertz CT molecular complexity index is 534. The average molecular weight is 167 g/mol. The summed E-state index contributed by atoms with van der Waals surface area (Å²) in [7, 11) is -2.51. The van der Waals surface area contributed by atoms with Crippen LogP contribution in [0.5, 0.6) is 5.75 Å². The summed E-state index contributed by atoms with van der Waals surface area (Å²) in [6, 6.07) is 3.18. The molecule has 2 rings (SSSR count). The fourth-order valence-electron chi connectivity index (χ4n) is 1.08. The number of hydrogen-bond acceptors (Lipinski definition) is 2. The minimum Gasteiger partial charge on any atom is -0.495 e. The Balaban J connectivity index is 2.39. The predicted octanol–water partition coefficient (Wildman–Crippen LogP) is 1.58. The topological polar surface area (TPSA) is 27.1 Å². The lowest BCUT2D eigenvalue weighted by Gasteiger charge is -1.98. The van der Waals surface area contributed by atoms with Crippen molar-refractivity contribution in [3.05, 3.63) is 24.5 Å². The molecule has 0 aromatic carbocycles. The van der Waals surface area contributed by atoms with Crippen molar-refractivity contribution >= 4 is 11.0 Å². The second kappa shape index (κ2) is 2.52. The molecule has 0 amide bonds. The minimum absolute atomic E-state index is 0.141. The number of hydrogen-bond donors (Lipinski definition) is 0. The van der Waals surface area contributed by atoms with E-state index in [0.717, 1.165) is 0 Å². The largest absolute Gasteiger partial charge is 0.495 e. The molecular weight excluding hydrogens is 152 g/mol. The second-order valence-corrected chi connectivity index (χ2v) is 2.41. The molecule has 0 atom stereocenters. The third-order valence-electron chi connectivity index (χ3n) is 1.65. The van der Waals surface area contributed by atoms with Gasteiger partial charge >= 0.3 is 0 Å². The number of aromatic nitrogens is 2. The molecule has 12 heavy (non-hydrogen) atoms. The van der Waals surface area contributed by atoms with Crippen LogP contribution in [0.25, 0.3) is 11.0 Å². The molecular formula is C9H10N2O. The fourth-order valence-corrected chi connectivity index (χ4v) is 1.08. The summed E-state index contributed by atoms with van der Waals surface area (Å²) in [4.78, 5) is 3.99. The van der Waals surface area contributed by atoms with Crippen molar-refractivity contribution in [1.82, 2.24) is 9.55 Å². The highest BCUT2D eigenvalue weighted by atomic mass is 16.5. The van der Waals surface area contributed by atoms with Crippen LogP contribution in [0.4, 0.5) is 0 Å². The summed E-state index contributed by atoms with van der Waals surface area (Å²) in [6.07, 6.45) is 2.83. The van der Waals surface area contributed by atoms with Crippen molar-refractivity contribution in [2.45, 2.75) is 0 Å². The standard InChI is InChI=1S/C9H10N2O/c1-11-4-3-7-5-8(12-2)6-10-9(7)11/h3-6H,1-2H3/i1D2,2D3. The van der Waals surface area contributed by atoms with Gasteiger partial charge in [-0.2, -0.15) is 0 Å². The van der Waals surface area contributed by atoms with Crippen molar-refractivity contribution in [1.29, 1.82) is 0 Å². The van der Waals surface area contributed by atoms with E-state index in [1.165, 1.54) is 16.8 Å². The molecule has 2 heterocycles. The molecule has 3 nitrogen and oxygen atoms in total. The van der Waals surface area contributed by atoms with Crippen LogP contribution in [0.2, 0.25) is 0 Å². The lowest BCUT2D eigenvalue weighted by Crippen LogP contribution is -1.88. The van der Waals surface area contributed by atoms with E-state index >= 15 is 0 Å². The van der Waals surface area contributed by atoms with Gasteiger partial charge < -0.3 is 9.30 Å². The van der Waals surface area contributed by atoms with E-state index in [1.807, 2.05) is 0 Å². The first kappa shape index (κ1) is 3.47. The van der Waals surface area contributed by atoms with E-state index in [-0.39, 0.29) is 5.75 Å². The smallest absolute Gasteiger partial charge is 0.139 e. The number of methoxy groups -OCH3 is 1. The Morgan fingerprint density at radius 1 is 1.67 bits per heavy atom. The van der Waals surface area contributed by atoms with E-state index in [0.29, 0.717) is 11.0 Å². The number of fused-ring (bicyclic) bond motifs is 1. The van der Waals surface area contributed by atoms with Crippen LogP contribution in [0, 0.1) is 0 Å². The van der Waals surface area contributed by atoms with Gasteiger partial charge in [0.05, 0.1) is 17.3 Å². The number of pyridine rings is 1. The summed E-state index contributed by atoms with van der Waals surface area (Å²) >= 11 is 0. The fraction of sp³-hybridized carbons (Fsp3) is 0.222. The van der Waals surface area contributed by atoms with Gasteiger partial charge in [-0.3, -0.25) is 0 Å². The molecule has 0 aliphatic heterocycles. The normalized spacial score (nSPS) is 17.9. The van der Waals surface area contributed by atoms with E-state index < -0.39 is 14.0 Å². The van der Waals surface area contributed by atoms with Gasteiger partial charge in [-0.1, -0.05) is 0 Å². The molecule has 0 N–H and O–H groups in total. The van der Waals surface area contributed by atoms with Gasteiger partial charge in [0.25, 0.3) is 0 Å². The first-order valence-electron chi connectivity index (χ1n) is 6.02. The third kappa shape index (κ3) is 0.942. The molecule has 0 unspecified atom stereocenters. The molecule has 0 saturated heterocycles. The van der Waals surface area contributed by atoms with Crippen molar-refractivity contribution in [3.8, 4) is 5.75 Å². The number of rotatable bonds is 1. The quantitative estimate of drug-likeness (QED) is 0.644. The minimum atomic E-state index is -2.51. The Morgan fingerprint density at radius 2 is 2.67 bits per heavy atom. The van der Waals surface area contributed by atoms with Gasteiger partial charge in [-0.25, -0.2) is 4.98 Å². The average Bonchev–Trinajstić information content (AvgIpc) is 2.57. The molecule has 0 aliphatic carbocycles. The number of aryl methyl sites for hydroxylation is 1. The first-order chi connectivity index (χ1) is 7.87. The zero-order valence-electron chi connectivity index (χ0n) is 11.2. The van der Waals surface area contributed by atoms with E-state index in [9.17, 15) is 0 Å². The molecule has 62 valence electrons. The lowest BCUT2D eigenvalue weighted by molar-refractivity contribution is 0.413. The van der Waals surface area contributed by atoms with E-state index in [4.69, 9.17) is 11.6 Å². The highest BCUT2D eigenvalue weighted by Crippen LogP contribution is 2.17. The summed E-state index contributed by atoms with van der Waals surface area (Å²) in [5.41, 5.74) is 0.456. The second-order valence-electron chi connectivity index (χ2n) is 2.41. The molecule has 0 radical (unpaired) electrons. The molecule has 0 bridgehead atoms. The van der Waals surface area contributed by atoms with Crippen molar-refractivity contribution < 1.29 is 11.6 Å². The molecule has 2 aromatic rings. The zero-order valence-corrected chi connectivity index (χ0v) is 6.19. The van der Waals surface area contributed by atoms with Crippen LogP contribution < -0.4 is 4.74 Å². The zero-order chi connectivity index (χ0) is 12.6. The maximum absolute atomic E-state index is 7.28. The molecule has 2 aromatic heterocycles. The third-order valence-corrected chi connectivity index (χ3v) is 1.65. The summed E-state index contributed by atoms with van der Waals surface area (Å²) in [5.74, 6) is 0.141. The highest BCUT2D eigenvalue weighted by molar-refractivity contribution is 5.77. The predicted molar refractivity (Wildman–Crippen MR) is 47.3 cm³/mol. The van der Waals surface area contributed by atoms with Gasteiger partial charge in [-0.05, 0) is 12.1 Å². The Hall–Kier alpha value is -1.51. The van der Waals surface area contributed by atoms with Gasteiger partial charge in [0.1, 0.15) is 11.4 Å². The van der Waals surface area contributed by atoms with Crippen LogP contribution in [-0.4, -0.2) is 16.6 Å².